The van der Waals surface area contributed by atoms with Crippen molar-refractivity contribution < 1.29 is 19.5 Å². The molecule has 0 saturated carbocycles. The van der Waals surface area contributed by atoms with Crippen LogP contribution in [0.5, 0.6) is 5.75 Å². The fourth-order valence-electron chi connectivity index (χ4n) is 3.62. The summed E-state index contributed by atoms with van der Waals surface area (Å²) >= 11 is 12.1. The van der Waals surface area contributed by atoms with Crippen LogP contribution in [-0.4, -0.2) is 75.5 Å². The Bertz CT molecular complexity index is 1240. The molecular weight excluding hydrogens is 481 g/mol. The summed E-state index contributed by atoms with van der Waals surface area (Å²) in [6, 6.07) is 12.9. The third kappa shape index (κ3) is 5.16. The van der Waals surface area contributed by atoms with Gasteiger partial charge in [0.15, 0.2) is 0 Å². The zero-order valence-corrected chi connectivity index (χ0v) is 19.4. The highest BCUT2D eigenvalue weighted by atomic mass is 35.5. The number of phenolic OH excluding ortho intramolecular Hbond substituents is 1. The van der Waals surface area contributed by atoms with E-state index in [1.807, 2.05) is 0 Å². The number of halogens is 2. The normalized spacial score (nSPS) is 13.6. The number of carbonyl (C=O) groups excluding carboxylic acids is 3. The van der Waals surface area contributed by atoms with Crippen LogP contribution in [0, 0.1) is 0 Å². The molecule has 0 unspecified atom stereocenters. The lowest BCUT2D eigenvalue weighted by Crippen LogP contribution is -2.52. The number of aromatic hydroxyl groups is 1. The molecule has 176 valence electrons. The Hall–Kier alpha value is -3.56. The number of aromatic nitrogens is 2. The lowest BCUT2D eigenvalue weighted by atomic mass is 10.1. The van der Waals surface area contributed by atoms with Gasteiger partial charge in [-0.05, 0) is 36.4 Å². The van der Waals surface area contributed by atoms with Crippen LogP contribution in [0.1, 0.15) is 20.8 Å². The zero-order valence-electron chi connectivity index (χ0n) is 17.9. The average Bonchev–Trinajstić information content (AvgIpc) is 3.34. The second kappa shape index (κ2) is 10.1. The Morgan fingerprint density at radius 1 is 1.00 bits per heavy atom. The van der Waals surface area contributed by atoms with E-state index in [2.05, 4.69) is 15.5 Å². The standard InChI is InChI=1S/C23H21Cl2N5O4/c24-14-5-6-17(25)16(11-14)23(34)30-9-7-29(8-10-30)21(32)13-26-22(33)19-12-18(27-28-19)15-3-1-2-4-20(15)31/h1-6,11-12,31H,7-10,13H2,(H,26,33)(H,27,28). The molecule has 1 aliphatic heterocycles. The number of amides is 3. The van der Waals surface area contributed by atoms with Crippen molar-refractivity contribution in [1.29, 1.82) is 0 Å². The van der Waals surface area contributed by atoms with Gasteiger partial charge in [0.2, 0.25) is 5.91 Å². The van der Waals surface area contributed by atoms with Gasteiger partial charge in [-0.2, -0.15) is 5.10 Å². The monoisotopic (exact) mass is 501 g/mol. The number of benzene rings is 2. The number of nitrogens with one attached hydrogen (secondary N) is 2. The number of carbonyl (C=O) groups is 3. The fraction of sp³-hybridized carbons (Fsp3) is 0.217. The van der Waals surface area contributed by atoms with Gasteiger partial charge in [0, 0.05) is 36.8 Å². The molecule has 4 rings (SSSR count). The van der Waals surface area contributed by atoms with Crippen LogP contribution in [0.2, 0.25) is 10.0 Å². The fourth-order valence-corrected chi connectivity index (χ4v) is 3.99. The van der Waals surface area contributed by atoms with Crippen LogP contribution in [0.4, 0.5) is 0 Å². The van der Waals surface area contributed by atoms with Gasteiger partial charge in [-0.15, -0.1) is 0 Å². The molecule has 2 heterocycles. The molecule has 9 nitrogen and oxygen atoms in total. The lowest BCUT2D eigenvalue weighted by molar-refractivity contribution is -0.131. The SMILES string of the molecule is O=C(NCC(=O)N1CCN(C(=O)c2cc(Cl)ccc2Cl)CC1)c1cc(-c2ccccc2O)n[nH]1. The first-order valence-electron chi connectivity index (χ1n) is 10.5. The Balaban J connectivity index is 1.28. The summed E-state index contributed by atoms with van der Waals surface area (Å²) in [5.74, 6) is -0.951. The molecule has 0 aliphatic carbocycles. The molecule has 1 aromatic heterocycles. The number of hydrogen-bond acceptors (Lipinski definition) is 5. The number of H-pyrrole nitrogens is 1. The van der Waals surface area contributed by atoms with E-state index in [0.29, 0.717) is 53.0 Å². The van der Waals surface area contributed by atoms with Gasteiger partial charge in [-0.1, -0.05) is 35.3 Å². The van der Waals surface area contributed by atoms with Crippen LogP contribution < -0.4 is 5.32 Å². The maximum absolute atomic E-state index is 12.7. The molecule has 0 radical (unpaired) electrons. The summed E-state index contributed by atoms with van der Waals surface area (Å²) in [5, 5.41) is 19.9. The van der Waals surface area contributed by atoms with E-state index in [-0.39, 0.29) is 29.8 Å². The van der Waals surface area contributed by atoms with E-state index < -0.39 is 5.91 Å². The maximum Gasteiger partial charge on any atom is 0.269 e. The van der Waals surface area contributed by atoms with E-state index in [0.717, 1.165) is 0 Å². The topological polar surface area (TPSA) is 119 Å². The largest absolute Gasteiger partial charge is 0.507 e. The Morgan fingerprint density at radius 3 is 2.44 bits per heavy atom. The first-order valence-corrected chi connectivity index (χ1v) is 11.2. The van der Waals surface area contributed by atoms with Crippen molar-refractivity contribution in [2.24, 2.45) is 0 Å². The first-order chi connectivity index (χ1) is 16.3. The van der Waals surface area contributed by atoms with E-state index in [1.54, 1.807) is 40.1 Å². The number of hydrogen-bond donors (Lipinski definition) is 3. The number of aromatic amines is 1. The highest BCUT2D eigenvalue weighted by Gasteiger charge is 2.26. The minimum atomic E-state index is -0.494. The summed E-state index contributed by atoms with van der Waals surface area (Å²) in [4.78, 5) is 40.9. The number of rotatable bonds is 5. The molecule has 3 amide bonds. The summed E-state index contributed by atoms with van der Waals surface area (Å²) in [7, 11) is 0. The second-order valence-corrected chi connectivity index (χ2v) is 8.51. The second-order valence-electron chi connectivity index (χ2n) is 7.66. The molecule has 0 spiro atoms. The molecule has 0 atom stereocenters. The van der Waals surface area contributed by atoms with Crippen LogP contribution in [0.25, 0.3) is 11.3 Å². The van der Waals surface area contributed by atoms with Crippen LogP contribution in [0.15, 0.2) is 48.5 Å². The summed E-state index contributed by atoms with van der Waals surface area (Å²) in [5.41, 5.74) is 1.39. The van der Waals surface area contributed by atoms with E-state index in [9.17, 15) is 19.5 Å². The summed E-state index contributed by atoms with van der Waals surface area (Å²) < 4.78 is 0. The molecular formula is C23H21Cl2N5O4. The molecule has 0 bridgehead atoms. The van der Waals surface area contributed by atoms with E-state index in [1.165, 1.54) is 18.2 Å². The number of phenols is 1. The minimum Gasteiger partial charge on any atom is -0.507 e. The van der Waals surface area contributed by atoms with Crippen molar-refractivity contribution in [3.8, 4) is 17.0 Å². The highest BCUT2D eigenvalue weighted by molar-refractivity contribution is 6.35. The van der Waals surface area contributed by atoms with Gasteiger partial charge in [-0.3, -0.25) is 19.5 Å². The maximum atomic E-state index is 12.7. The Kier molecular flexibility index (Phi) is 7.04. The van der Waals surface area contributed by atoms with Gasteiger partial charge in [-0.25, -0.2) is 0 Å². The third-order valence-electron chi connectivity index (χ3n) is 5.48. The molecule has 34 heavy (non-hydrogen) atoms. The first kappa shape index (κ1) is 23.6. The number of para-hydroxylation sites is 1. The van der Waals surface area contributed by atoms with Gasteiger partial charge >= 0.3 is 0 Å². The quantitative estimate of drug-likeness (QED) is 0.496. The van der Waals surface area contributed by atoms with Crippen molar-refractivity contribution >= 4 is 40.9 Å². The van der Waals surface area contributed by atoms with Crippen molar-refractivity contribution in [3.63, 3.8) is 0 Å². The van der Waals surface area contributed by atoms with Gasteiger partial charge < -0.3 is 20.2 Å². The van der Waals surface area contributed by atoms with E-state index >= 15 is 0 Å². The summed E-state index contributed by atoms with van der Waals surface area (Å²) in [6.07, 6.45) is 0. The molecule has 11 heteroatoms. The van der Waals surface area contributed by atoms with Gasteiger partial charge in [0.1, 0.15) is 11.4 Å². The predicted molar refractivity (Wildman–Crippen MR) is 127 cm³/mol. The van der Waals surface area contributed by atoms with Crippen molar-refractivity contribution in [3.05, 3.63) is 69.8 Å². The Morgan fingerprint density at radius 2 is 1.71 bits per heavy atom. The van der Waals surface area contributed by atoms with Gasteiger partial charge in [0.25, 0.3) is 11.8 Å². The third-order valence-corrected chi connectivity index (χ3v) is 6.05. The molecule has 1 aliphatic rings. The van der Waals surface area contributed by atoms with Gasteiger partial charge in [0.05, 0.1) is 22.8 Å². The van der Waals surface area contributed by atoms with Crippen LogP contribution in [-0.2, 0) is 4.79 Å². The summed E-state index contributed by atoms with van der Waals surface area (Å²) in [6.45, 7) is 1.15. The van der Waals surface area contributed by atoms with Crippen LogP contribution in [0.3, 0.4) is 0 Å². The van der Waals surface area contributed by atoms with Crippen molar-refractivity contribution in [1.82, 2.24) is 25.3 Å². The van der Waals surface area contributed by atoms with Crippen molar-refractivity contribution in [2.75, 3.05) is 32.7 Å². The lowest BCUT2D eigenvalue weighted by Gasteiger charge is -2.35. The number of piperazine rings is 1. The van der Waals surface area contributed by atoms with Crippen LogP contribution >= 0.6 is 23.2 Å². The van der Waals surface area contributed by atoms with E-state index in [4.69, 9.17) is 23.2 Å². The molecule has 1 saturated heterocycles. The van der Waals surface area contributed by atoms with Crippen molar-refractivity contribution in [2.45, 2.75) is 0 Å². The smallest absolute Gasteiger partial charge is 0.269 e. The highest BCUT2D eigenvalue weighted by Crippen LogP contribution is 2.27. The number of nitrogens with zero attached hydrogens (tertiary/aromatic N) is 3. The molecule has 3 N–H and O–H groups in total. The molecule has 3 aromatic rings. The zero-order chi connectivity index (χ0) is 24.2. The minimum absolute atomic E-state index is 0.0476. The average molecular weight is 502 g/mol. The molecule has 1 fully saturated rings. The molecule has 2 aromatic carbocycles. The Labute approximate surface area is 205 Å². The predicted octanol–water partition coefficient (Wildman–Crippen LogP) is 2.80.